The molecular weight excluding hydrogens is 192 g/mol. The molecule has 0 bridgehead atoms. The smallest absolute Gasteiger partial charge is 0.130 e. The first-order chi connectivity index (χ1) is 7.15. The number of nitrogens with one attached hydrogen (secondary N) is 1. The topological polar surface area (TPSA) is 79.3 Å². The molecule has 82 valence electrons. The van der Waals surface area contributed by atoms with Gasteiger partial charge in [0.1, 0.15) is 11.6 Å². The maximum atomic E-state index is 8.62. The van der Waals surface area contributed by atoms with Crippen LogP contribution < -0.4 is 10.5 Å². The van der Waals surface area contributed by atoms with Crippen molar-refractivity contribution in [3.05, 3.63) is 29.3 Å². The SMILES string of the molecule is Cc1ccc(OCCCO)c(C(=N)N)c1. The Balaban J connectivity index is 2.81. The van der Waals surface area contributed by atoms with Crippen molar-refractivity contribution in [3.8, 4) is 5.75 Å². The first-order valence-electron chi connectivity index (χ1n) is 4.84. The summed E-state index contributed by atoms with van der Waals surface area (Å²) in [5.41, 5.74) is 7.08. The van der Waals surface area contributed by atoms with Crippen molar-refractivity contribution in [2.75, 3.05) is 13.2 Å². The van der Waals surface area contributed by atoms with E-state index in [9.17, 15) is 0 Å². The van der Waals surface area contributed by atoms with E-state index in [4.69, 9.17) is 21.0 Å². The highest BCUT2D eigenvalue weighted by Gasteiger charge is 2.06. The second-order valence-corrected chi connectivity index (χ2v) is 3.34. The van der Waals surface area contributed by atoms with Gasteiger partial charge in [0.05, 0.1) is 12.2 Å². The normalized spacial score (nSPS) is 10.0. The lowest BCUT2D eigenvalue weighted by molar-refractivity contribution is 0.233. The molecule has 0 saturated heterocycles. The highest BCUT2D eigenvalue weighted by molar-refractivity contribution is 5.97. The van der Waals surface area contributed by atoms with E-state index in [-0.39, 0.29) is 12.4 Å². The summed E-state index contributed by atoms with van der Waals surface area (Å²) in [5.74, 6) is 0.597. The highest BCUT2D eigenvalue weighted by Crippen LogP contribution is 2.19. The Morgan fingerprint density at radius 3 is 2.87 bits per heavy atom. The van der Waals surface area contributed by atoms with Crippen LogP contribution in [0.4, 0.5) is 0 Å². The fourth-order valence-electron chi connectivity index (χ4n) is 1.23. The molecule has 0 atom stereocenters. The van der Waals surface area contributed by atoms with E-state index >= 15 is 0 Å². The summed E-state index contributed by atoms with van der Waals surface area (Å²) in [6, 6.07) is 5.51. The van der Waals surface area contributed by atoms with Gasteiger partial charge >= 0.3 is 0 Å². The maximum absolute atomic E-state index is 8.62. The van der Waals surface area contributed by atoms with Crippen LogP contribution in [0.5, 0.6) is 5.75 Å². The standard InChI is InChI=1S/C11H16N2O2/c1-8-3-4-10(15-6-2-5-14)9(7-8)11(12)13/h3-4,7,14H,2,5-6H2,1H3,(H3,12,13). The van der Waals surface area contributed by atoms with Crippen molar-refractivity contribution in [3.63, 3.8) is 0 Å². The Labute approximate surface area is 89.2 Å². The Morgan fingerprint density at radius 2 is 2.27 bits per heavy atom. The molecule has 0 aliphatic heterocycles. The number of aliphatic hydroxyl groups excluding tert-OH is 1. The molecule has 0 heterocycles. The first kappa shape index (κ1) is 11.5. The maximum Gasteiger partial charge on any atom is 0.130 e. The number of hydrogen-bond donors (Lipinski definition) is 3. The largest absolute Gasteiger partial charge is 0.493 e. The fraction of sp³-hybridized carbons (Fsp3) is 0.364. The minimum absolute atomic E-state index is 0.00213. The zero-order chi connectivity index (χ0) is 11.3. The predicted molar refractivity (Wildman–Crippen MR) is 59.4 cm³/mol. The Morgan fingerprint density at radius 1 is 1.53 bits per heavy atom. The summed E-state index contributed by atoms with van der Waals surface area (Å²) >= 11 is 0. The third-order valence-electron chi connectivity index (χ3n) is 1.99. The number of nitrogen functional groups attached to an aromatic ring is 1. The third-order valence-corrected chi connectivity index (χ3v) is 1.99. The molecule has 0 saturated carbocycles. The molecule has 4 nitrogen and oxygen atoms in total. The molecule has 1 aromatic carbocycles. The number of hydrogen-bond acceptors (Lipinski definition) is 3. The molecule has 4 heteroatoms. The van der Waals surface area contributed by atoms with E-state index in [0.29, 0.717) is 24.3 Å². The molecule has 0 fully saturated rings. The van der Waals surface area contributed by atoms with E-state index in [2.05, 4.69) is 0 Å². The Hall–Kier alpha value is -1.55. The lowest BCUT2D eigenvalue weighted by Gasteiger charge is -2.10. The number of benzene rings is 1. The van der Waals surface area contributed by atoms with Gasteiger partial charge in [0, 0.05) is 13.0 Å². The van der Waals surface area contributed by atoms with Gasteiger partial charge in [-0.25, -0.2) is 0 Å². The molecule has 0 spiro atoms. The molecule has 0 unspecified atom stereocenters. The van der Waals surface area contributed by atoms with Crippen LogP contribution in [0.2, 0.25) is 0 Å². The molecule has 15 heavy (non-hydrogen) atoms. The summed E-state index contributed by atoms with van der Waals surface area (Å²) in [6.45, 7) is 2.46. The number of amidine groups is 1. The third kappa shape index (κ3) is 3.25. The van der Waals surface area contributed by atoms with Gasteiger partial charge in [-0.3, -0.25) is 5.41 Å². The fourth-order valence-corrected chi connectivity index (χ4v) is 1.23. The zero-order valence-corrected chi connectivity index (χ0v) is 8.79. The highest BCUT2D eigenvalue weighted by atomic mass is 16.5. The van der Waals surface area contributed by atoms with Crippen LogP contribution in [0.25, 0.3) is 0 Å². The van der Waals surface area contributed by atoms with Gasteiger partial charge < -0.3 is 15.6 Å². The minimum atomic E-state index is -0.00213. The zero-order valence-electron chi connectivity index (χ0n) is 8.79. The second-order valence-electron chi connectivity index (χ2n) is 3.34. The van der Waals surface area contributed by atoms with Crippen LogP contribution in [0, 0.1) is 12.3 Å². The van der Waals surface area contributed by atoms with E-state index < -0.39 is 0 Å². The predicted octanol–water partition coefficient (Wildman–Crippen LogP) is 1.04. The Kier molecular flexibility index (Phi) is 4.12. The molecule has 0 radical (unpaired) electrons. The average molecular weight is 208 g/mol. The second kappa shape index (κ2) is 5.36. The number of aliphatic hydroxyl groups is 1. The van der Waals surface area contributed by atoms with Crippen LogP contribution in [0.15, 0.2) is 18.2 Å². The summed E-state index contributed by atoms with van der Waals surface area (Å²) in [7, 11) is 0. The number of aryl methyl sites for hydroxylation is 1. The quantitative estimate of drug-likeness (QED) is 0.384. The van der Waals surface area contributed by atoms with E-state index in [1.807, 2.05) is 19.1 Å². The lowest BCUT2D eigenvalue weighted by atomic mass is 10.1. The van der Waals surface area contributed by atoms with Crippen molar-refractivity contribution >= 4 is 5.84 Å². The van der Waals surface area contributed by atoms with Gasteiger partial charge in [-0.15, -0.1) is 0 Å². The van der Waals surface area contributed by atoms with Crippen molar-refractivity contribution in [1.29, 1.82) is 5.41 Å². The van der Waals surface area contributed by atoms with Gasteiger partial charge in [-0.05, 0) is 19.1 Å². The molecule has 0 aliphatic rings. The molecule has 0 aromatic heterocycles. The van der Waals surface area contributed by atoms with E-state index in [1.54, 1.807) is 6.07 Å². The summed E-state index contributed by atoms with van der Waals surface area (Å²) < 4.78 is 5.41. The van der Waals surface area contributed by atoms with E-state index in [0.717, 1.165) is 5.56 Å². The molecule has 1 aromatic rings. The van der Waals surface area contributed by atoms with E-state index in [1.165, 1.54) is 0 Å². The first-order valence-corrected chi connectivity index (χ1v) is 4.84. The molecule has 4 N–H and O–H groups in total. The van der Waals surface area contributed by atoms with Crippen LogP contribution in [0.3, 0.4) is 0 Å². The van der Waals surface area contributed by atoms with Gasteiger partial charge in [-0.2, -0.15) is 0 Å². The van der Waals surface area contributed by atoms with Crippen LogP contribution in [-0.2, 0) is 0 Å². The van der Waals surface area contributed by atoms with Crippen molar-refractivity contribution in [1.82, 2.24) is 0 Å². The molecular formula is C11H16N2O2. The Bertz CT molecular complexity index is 350. The number of nitrogens with two attached hydrogens (primary N) is 1. The van der Waals surface area contributed by atoms with Crippen molar-refractivity contribution < 1.29 is 9.84 Å². The summed E-state index contributed by atoms with van der Waals surface area (Å²) in [6.07, 6.45) is 0.575. The van der Waals surface area contributed by atoms with Crippen LogP contribution in [-0.4, -0.2) is 24.2 Å². The number of ether oxygens (including phenoxy) is 1. The monoisotopic (exact) mass is 208 g/mol. The van der Waals surface area contributed by atoms with Crippen molar-refractivity contribution in [2.45, 2.75) is 13.3 Å². The lowest BCUT2D eigenvalue weighted by Crippen LogP contribution is -2.14. The van der Waals surface area contributed by atoms with Crippen LogP contribution >= 0.6 is 0 Å². The summed E-state index contributed by atoms with van der Waals surface area (Å²) in [4.78, 5) is 0. The summed E-state index contributed by atoms with van der Waals surface area (Å²) in [5, 5.41) is 16.0. The van der Waals surface area contributed by atoms with Gasteiger partial charge in [0.15, 0.2) is 0 Å². The number of rotatable bonds is 5. The molecule has 0 aliphatic carbocycles. The van der Waals surface area contributed by atoms with Gasteiger partial charge in [-0.1, -0.05) is 11.6 Å². The van der Waals surface area contributed by atoms with Crippen LogP contribution in [0.1, 0.15) is 17.5 Å². The van der Waals surface area contributed by atoms with Crippen molar-refractivity contribution in [2.24, 2.45) is 5.73 Å². The average Bonchev–Trinajstić information content (AvgIpc) is 2.20. The van der Waals surface area contributed by atoms with Gasteiger partial charge in [0.2, 0.25) is 0 Å². The molecule has 1 rings (SSSR count). The van der Waals surface area contributed by atoms with Gasteiger partial charge in [0.25, 0.3) is 0 Å². The molecule has 0 amide bonds. The minimum Gasteiger partial charge on any atom is -0.493 e.